The first-order valence-electron chi connectivity index (χ1n) is 8.04. The van der Waals surface area contributed by atoms with E-state index in [9.17, 15) is 9.90 Å². The van der Waals surface area contributed by atoms with Gasteiger partial charge in [-0.05, 0) is 30.9 Å². The van der Waals surface area contributed by atoms with Gasteiger partial charge in [-0.25, -0.2) is 9.97 Å². The van der Waals surface area contributed by atoms with Gasteiger partial charge in [-0.15, -0.1) is 11.3 Å². The van der Waals surface area contributed by atoms with Gasteiger partial charge in [-0.2, -0.15) is 0 Å². The van der Waals surface area contributed by atoms with Gasteiger partial charge in [0.05, 0.1) is 0 Å². The topological polar surface area (TPSA) is 82.1 Å². The Kier molecular flexibility index (Phi) is 4.03. The summed E-state index contributed by atoms with van der Waals surface area (Å²) in [7, 11) is 0. The number of aliphatic hydroxyl groups excluding tert-OH is 1. The van der Waals surface area contributed by atoms with E-state index in [1.807, 2.05) is 28.6 Å². The maximum atomic E-state index is 12.6. The van der Waals surface area contributed by atoms with Crippen molar-refractivity contribution in [2.24, 2.45) is 5.92 Å². The van der Waals surface area contributed by atoms with Gasteiger partial charge in [0.25, 0.3) is 5.91 Å². The Bertz CT molecular complexity index is 874. The maximum Gasteiger partial charge on any atom is 0.273 e. The summed E-state index contributed by atoms with van der Waals surface area (Å²) >= 11 is 1.48. The Morgan fingerprint density at radius 2 is 2.25 bits per heavy atom. The van der Waals surface area contributed by atoms with E-state index in [0.29, 0.717) is 24.7 Å². The van der Waals surface area contributed by atoms with Gasteiger partial charge >= 0.3 is 0 Å². The first-order valence-corrected chi connectivity index (χ1v) is 8.92. The van der Waals surface area contributed by atoms with E-state index >= 15 is 0 Å². The molecule has 0 atom stereocenters. The molecule has 1 saturated heterocycles. The fraction of sp³-hybridized carbons (Fsp3) is 0.353. The van der Waals surface area contributed by atoms with Crippen LogP contribution in [0, 0.1) is 5.92 Å². The molecule has 6 nitrogen and oxygen atoms in total. The Morgan fingerprint density at radius 1 is 1.42 bits per heavy atom. The lowest BCUT2D eigenvalue weighted by molar-refractivity contribution is 0.0646. The highest BCUT2D eigenvalue weighted by Gasteiger charge is 2.25. The van der Waals surface area contributed by atoms with Gasteiger partial charge < -0.3 is 15.0 Å². The number of piperidine rings is 1. The zero-order valence-corrected chi connectivity index (χ0v) is 13.9. The summed E-state index contributed by atoms with van der Waals surface area (Å²) < 4.78 is 0. The minimum atomic E-state index is -0.0201. The number of nitrogens with one attached hydrogen (secondary N) is 1. The largest absolute Gasteiger partial charge is 0.396 e. The summed E-state index contributed by atoms with van der Waals surface area (Å²) in [6.45, 7) is 1.58. The summed E-state index contributed by atoms with van der Waals surface area (Å²) in [4.78, 5) is 26.4. The Morgan fingerprint density at radius 3 is 3.04 bits per heavy atom. The maximum absolute atomic E-state index is 12.6. The molecule has 3 aromatic heterocycles. The minimum absolute atomic E-state index is 0. The van der Waals surface area contributed by atoms with Crippen LogP contribution in [-0.2, 0) is 0 Å². The monoisotopic (exact) mass is 346 g/mol. The zero-order valence-electron chi connectivity index (χ0n) is 13.1. The molecule has 0 aliphatic carbocycles. The fourth-order valence-corrected chi connectivity index (χ4v) is 3.96. The van der Waals surface area contributed by atoms with Crippen molar-refractivity contribution in [3.63, 3.8) is 0 Å². The van der Waals surface area contributed by atoms with Crippen molar-refractivity contribution in [3.8, 4) is 10.6 Å². The van der Waals surface area contributed by atoms with Gasteiger partial charge in [0.2, 0.25) is 0 Å². The SMILES string of the molecule is O=C(c1csc(-c2ccnc3[nH]ccc23)n1)N1CCC(CO)CC1.[HH].[HH]. The normalized spacial score (nSPS) is 16.0. The summed E-state index contributed by atoms with van der Waals surface area (Å²) in [5, 5.41) is 12.9. The standard InChI is InChI=1S/C17H18N4O2S.2H2/c22-9-11-3-7-21(8-4-11)17(23)14-10-24-16(20-14)13-2-6-19-15-12(13)1-5-18-15;;/h1-2,5-6,10-11,22H,3-4,7-9H2,(H,18,19);2*1H. The quantitative estimate of drug-likeness (QED) is 0.764. The first kappa shape index (κ1) is 15.3. The van der Waals surface area contributed by atoms with E-state index in [-0.39, 0.29) is 15.4 Å². The molecule has 128 valence electrons. The second-order valence-corrected chi connectivity index (χ2v) is 6.91. The van der Waals surface area contributed by atoms with E-state index in [4.69, 9.17) is 0 Å². The van der Waals surface area contributed by atoms with Crippen molar-refractivity contribution in [2.75, 3.05) is 19.7 Å². The fourth-order valence-electron chi connectivity index (χ4n) is 3.12. The lowest BCUT2D eigenvalue weighted by Crippen LogP contribution is -2.39. The van der Waals surface area contributed by atoms with Gasteiger partial charge in [-0.3, -0.25) is 4.79 Å². The van der Waals surface area contributed by atoms with Gasteiger partial charge in [0, 0.05) is 51.3 Å². The molecule has 1 aliphatic rings. The first-order chi connectivity index (χ1) is 11.8. The summed E-state index contributed by atoms with van der Waals surface area (Å²) in [5.41, 5.74) is 2.31. The van der Waals surface area contributed by atoms with E-state index in [1.54, 1.807) is 6.20 Å². The molecule has 0 aromatic carbocycles. The number of aromatic nitrogens is 3. The number of H-pyrrole nitrogens is 1. The summed E-state index contributed by atoms with van der Waals surface area (Å²) in [6.07, 6.45) is 5.31. The van der Waals surface area contributed by atoms with Crippen molar-refractivity contribution in [1.29, 1.82) is 0 Å². The molecule has 3 aromatic rings. The van der Waals surface area contributed by atoms with Crippen LogP contribution in [0.15, 0.2) is 29.9 Å². The molecule has 24 heavy (non-hydrogen) atoms. The molecule has 7 heteroatoms. The average Bonchev–Trinajstić information content (AvgIpc) is 3.30. The van der Waals surface area contributed by atoms with Crippen molar-refractivity contribution in [1.82, 2.24) is 19.9 Å². The second-order valence-electron chi connectivity index (χ2n) is 6.05. The molecular weight excluding hydrogens is 324 g/mol. The van der Waals surface area contributed by atoms with E-state index in [0.717, 1.165) is 34.4 Å². The van der Waals surface area contributed by atoms with Crippen LogP contribution in [0.5, 0.6) is 0 Å². The highest BCUT2D eigenvalue weighted by Crippen LogP contribution is 2.30. The molecule has 1 amide bonds. The number of rotatable bonds is 3. The van der Waals surface area contributed by atoms with Crippen LogP contribution in [0.4, 0.5) is 0 Å². The molecule has 0 bridgehead atoms. The number of thiazole rings is 1. The number of amides is 1. The van der Waals surface area contributed by atoms with Gasteiger partial charge in [0.15, 0.2) is 0 Å². The Labute approximate surface area is 146 Å². The number of nitrogens with zero attached hydrogens (tertiary/aromatic N) is 3. The van der Waals surface area contributed by atoms with E-state index in [1.165, 1.54) is 11.3 Å². The van der Waals surface area contributed by atoms with Crippen LogP contribution in [0.3, 0.4) is 0 Å². The molecule has 0 saturated carbocycles. The van der Waals surface area contributed by atoms with E-state index in [2.05, 4.69) is 15.0 Å². The number of hydrogen-bond donors (Lipinski definition) is 2. The number of aliphatic hydroxyl groups is 1. The van der Waals surface area contributed by atoms with Crippen LogP contribution in [0.1, 0.15) is 26.2 Å². The molecule has 1 fully saturated rings. The Hall–Kier alpha value is -2.25. The van der Waals surface area contributed by atoms with Gasteiger partial charge in [-0.1, -0.05) is 0 Å². The van der Waals surface area contributed by atoms with Crippen LogP contribution in [0.2, 0.25) is 0 Å². The number of hydrogen-bond acceptors (Lipinski definition) is 5. The molecule has 4 rings (SSSR count). The van der Waals surface area contributed by atoms with Gasteiger partial charge in [0.1, 0.15) is 16.3 Å². The third kappa shape index (κ3) is 2.70. The number of fused-ring (bicyclic) bond motifs is 1. The minimum Gasteiger partial charge on any atom is -0.396 e. The van der Waals surface area contributed by atoms with Crippen molar-refractivity contribution >= 4 is 28.3 Å². The summed E-state index contributed by atoms with van der Waals surface area (Å²) in [5.74, 6) is 0.298. The molecule has 1 aliphatic heterocycles. The predicted octanol–water partition coefficient (Wildman–Crippen LogP) is 3.02. The van der Waals surface area contributed by atoms with Crippen LogP contribution in [0.25, 0.3) is 21.6 Å². The second kappa shape index (κ2) is 6.33. The number of carbonyl (C=O) groups is 1. The van der Waals surface area contributed by atoms with Crippen LogP contribution >= 0.6 is 11.3 Å². The third-order valence-corrected chi connectivity index (χ3v) is 5.45. The van der Waals surface area contributed by atoms with E-state index < -0.39 is 0 Å². The molecule has 0 radical (unpaired) electrons. The van der Waals surface area contributed by atoms with Crippen molar-refractivity contribution in [2.45, 2.75) is 12.8 Å². The van der Waals surface area contributed by atoms with Crippen molar-refractivity contribution in [3.05, 3.63) is 35.6 Å². The molecule has 4 heterocycles. The summed E-state index contributed by atoms with van der Waals surface area (Å²) in [6, 6.07) is 3.90. The number of carbonyl (C=O) groups excluding carboxylic acids is 1. The average molecular weight is 346 g/mol. The third-order valence-electron chi connectivity index (χ3n) is 4.57. The van der Waals surface area contributed by atoms with Crippen LogP contribution in [-0.4, -0.2) is 50.6 Å². The van der Waals surface area contributed by atoms with Crippen molar-refractivity contribution < 1.29 is 12.8 Å². The highest BCUT2D eigenvalue weighted by atomic mass is 32.1. The number of likely N-dealkylation sites (tertiary alicyclic amines) is 1. The molecule has 2 N–H and O–H groups in total. The smallest absolute Gasteiger partial charge is 0.273 e. The van der Waals surface area contributed by atoms with Crippen LogP contribution < -0.4 is 0 Å². The number of aromatic amines is 1. The Balaban J connectivity index is 0.00000121. The molecule has 0 spiro atoms. The number of pyridine rings is 1. The zero-order chi connectivity index (χ0) is 16.5. The lowest BCUT2D eigenvalue weighted by atomic mass is 9.98. The lowest BCUT2D eigenvalue weighted by Gasteiger charge is -2.30. The molecule has 0 unspecified atom stereocenters. The highest BCUT2D eigenvalue weighted by molar-refractivity contribution is 7.13. The predicted molar refractivity (Wildman–Crippen MR) is 97.1 cm³/mol. The molecular formula is C17H22N4O2S.